The van der Waals surface area contributed by atoms with Crippen LogP contribution in [0.5, 0.6) is 5.75 Å². The Morgan fingerprint density at radius 2 is 2.22 bits per heavy atom. The lowest BCUT2D eigenvalue weighted by molar-refractivity contribution is 0.0950. The van der Waals surface area contributed by atoms with Crippen molar-refractivity contribution >= 4 is 12.0 Å². The van der Waals surface area contributed by atoms with Crippen LogP contribution in [-0.2, 0) is 0 Å². The van der Waals surface area contributed by atoms with Crippen molar-refractivity contribution in [1.82, 2.24) is 10.2 Å². The lowest BCUT2D eigenvalue weighted by Gasteiger charge is -2.14. The van der Waals surface area contributed by atoms with Gasteiger partial charge in [0.05, 0.1) is 5.56 Å². The number of rotatable bonds is 8. The molecule has 0 bridgehead atoms. The van der Waals surface area contributed by atoms with Crippen LogP contribution in [0, 0.1) is 6.92 Å². The van der Waals surface area contributed by atoms with Gasteiger partial charge in [0, 0.05) is 38.1 Å². The summed E-state index contributed by atoms with van der Waals surface area (Å²) >= 11 is 0. The van der Waals surface area contributed by atoms with E-state index in [1.807, 2.05) is 24.9 Å². The molecular weight excluding hydrogens is 290 g/mol. The van der Waals surface area contributed by atoms with E-state index in [1.54, 1.807) is 30.5 Å². The average Bonchev–Trinajstić information content (AvgIpc) is 2.51. The van der Waals surface area contributed by atoms with Crippen LogP contribution in [0.2, 0.25) is 0 Å². The highest BCUT2D eigenvalue weighted by Gasteiger charge is 2.14. The molecule has 0 spiro atoms. The maximum atomic E-state index is 12.2. The van der Waals surface area contributed by atoms with Crippen LogP contribution in [0.3, 0.4) is 0 Å². The number of nitrogens with zero attached hydrogens (tertiary/aromatic N) is 1. The van der Waals surface area contributed by atoms with E-state index >= 15 is 0 Å². The Bertz CT molecular complexity index is 607. The van der Waals surface area contributed by atoms with Crippen LogP contribution in [0.1, 0.15) is 27.9 Å². The Balaban J connectivity index is 2.70. The van der Waals surface area contributed by atoms with Gasteiger partial charge in [0.1, 0.15) is 5.75 Å². The van der Waals surface area contributed by atoms with Gasteiger partial charge in [0.15, 0.2) is 0 Å². The molecule has 0 saturated heterocycles. The zero-order chi connectivity index (χ0) is 17.2. The standard InChI is InChI=1S/C18H25N3O2/c1-4-5-7-15-14(2)8-9-16(17(15)22)18(23)20-11-6-12-21(3)13-10-19/h4-5,7-10,13,22H,1,6,11-12,19H2,2-3H3,(H,20,23)/b7-5-,13-10-. The minimum absolute atomic E-state index is 0.0104. The van der Waals surface area contributed by atoms with Gasteiger partial charge < -0.3 is 21.1 Å². The molecule has 0 aliphatic heterocycles. The fourth-order valence-electron chi connectivity index (χ4n) is 2.11. The van der Waals surface area contributed by atoms with Crippen LogP contribution < -0.4 is 11.1 Å². The molecule has 5 nitrogen and oxygen atoms in total. The summed E-state index contributed by atoms with van der Waals surface area (Å²) in [7, 11) is 1.91. The van der Waals surface area contributed by atoms with E-state index in [9.17, 15) is 9.90 Å². The van der Waals surface area contributed by atoms with E-state index in [0.29, 0.717) is 12.1 Å². The predicted molar refractivity (Wildman–Crippen MR) is 95.0 cm³/mol. The summed E-state index contributed by atoms with van der Waals surface area (Å²) in [6.07, 6.45) is 9.11. The fourth-order valence-corrected chi connectivity index (χ4v) is 2.11. The number of benzene rings is 1. The first-order valence-corrected chi connectivity index (χ1v) is 7.49. The van der Waals surface area contributed by atoms with Crippen molar-refractivity contribution in [2.75, 3.05) is 20.1 Å². The molecule has 0 radical (unpaired) electrons. The third-order valence-corrected chi connectivity index (χ3v) is 3.39. The highest BCUT2D eigenvalue weighted by Crippen LogP contribution is 2.27. The number of nitrogens with one attached hydrogen (secondary N) is 1. The molecule has 0 atom stereocenters. The molecule has 124 valence electrons. The topological polar surface area (TPSA) is 78.6 Å². The van der Waals surface area contributed by atoms with Crippen molar-refractivity contribution in [3.8, 4) is 5.75 Å². The highest BCUT2D eigenvalue weighted by atomic mass is 16.3. The summed E-state index contributed by atoms with van der Waals surface area (Å²) in [4.78, 5) is 14.1. The zero-order valence-electron chi connectivity index (χ0n) is 13.7. The van der Waals surface area contributed by atoms with Gasteiger partial charge in [-0.05, 0) is 25.0 Å². The summed E-state index contributed by atoms with van der Waals surface area (Å²) in [5, 5.41) is 13.1. The second kappa shape index (κ2) is 9.35. The molecular formula is C18H25N3O2. The van der Waals surface area contributed by atoms with E-state index in [4.69, 9.17) is 5.73 Å². The van der Waals surface area contributed by atoms with E-state index in [1.165, 1.54) is 6.20 Å². The SMILES string of the molecule is C=C/C=C\c1c(C)ccc(C(=O)NCCCN(C)/C=C\N)c1O. The first-order valence-electron chi connectivity index (χ1n) is 7.49. The number of hydrogen-bond donors (Lipinski definition) is 3. The molecule has 0 aliphatic carbocycles. The van der Waals surface area contributed by atoms with Crippen LogP contribution in [0.15, 0.2) is 43.3 Å². The smallest absolute Gasteiger partial charge is 0.255 e. The Hall–Kier alpha value is -2.69. The van der Waals surface area contributed by atoms with Gasteiger partial charge in [-0.3, -0.25) is 4.79 Å². The molecule has 4 N–H and O–H groups in total. The molecule has 1 aromatic rings. The Labute approximate surface area is 137 Å². The molecule has 0 saturated carbocycles. The summed E-state index contributed by atoms with van der Waals surface area (Å²) in [5.74, 6) is -0.295. The van der Waals surface area contributed by atoms with Crippen LogP contribution >= 0.6 is 0 Å². The van der Waals surface area contributed by atoms with Crippen molar-refractivity contribution in [3.05, 3.63) is 60.0 Å². The van der Waals surface area contributed by atoms with Gasteiger partial charge in [-0.2, -0.15) is 0 Å². The number of amides is 1. The quantitative estimate of drug-likeness (QED) is 0.508. The van der Waals surface area contributed by atoms with Crippen LogP contribution in [0.4, 0.5) is 0 Å². The normalized spacial score (nSPS) is 11.0. The molecule has 0 fully saturated rings. The van der Waals surface area contributed by atoms with E-state index in [0.717, 1.165) is 18.5 Å². The molecule has 1 rings (SSSR count). The first kappa shape index (κ1) is 18.4. The maximum Gasteiger partial charge on any atom is 0.255 e. The van der Waals surface area contributed by atoms with E-state index in [-0.39, 0.29) is 17.2 Å². The second-order valence-corrected chi connectivity index (χ2v) is 5.22. The number of carbonyl (C=O) groups is 1. The van der Waals surface area contributed by atoms with Crippen molar-refractivity contribution in [1.29, 1.82) is 0 Å². The fraction of sp³-hybridized carbons (Fsp3) is 0.278. The molecule has 0 heterocycles. The van der Waals surface area contributed by atoms with Gasteiger partial charge in [0.25, 0.3) is 5.91 Å². The van der Waals surface area contributed by atoms with Gasteiger partial charge in [0.2, 0.25) is 0 Å². The van der Waals surface area contributed by atoms with Crippen molar-refractivity contribution in [2.45, 2.75) is 13.3 Å². The van der Waals surface area contributed by atoms with E-state index < -0.39 is 0 Å². The Kier molecular flexibility index (Phi) is 7.47. The number of hydrogen-bond acceptors (Lipinski definition) is 4. The highest BCUT2D eigenvalue weighted by molar-refractivity contribution is 5.98. The molecule has 23 heavy (non-hydrogen) atoms. The van der Waals surface area contributed by atoms with Gasteiger partial charge >= 0.3 is 0 Å². The van der Waals surface area contributed by atoms with Crippen LogP contribution in [0.25, 0.3) is 6.08 Å². The third-order valence-electron chi connectivity index (χ3n) is 3.39. The molecule has 0 aliphatic rings. The monoisotopic (exact) mass is 315 g/mol. The summed E-state index contributed by atoms with van der Waals surface area (Å²) < 4.78 is 0. The van der Waals surface area contributed by atoms with Gasteiger partial charge in [-0.15, -0.1) is 0 Å². The number of allylic oxidation sites excluding steroid dienone is 2. The lowest BCUT2D eigenvalue weighted by atomic mass is 10.0. The summed E-state index contributed by atoms with van der Waals surface area (Å²) in [6.45, 7) is 6.78. The molecule has 1 aromatic carbocycles. The Morgan fingerprint density at radius 3 is 2.87 bits per heavy atom. The molecule has 0 aromatic heterocycles. The number of phenols is 1. The molecule has 1 amide bonds. The van der Waals surface area contributed by atoms with Gasteiger partial charge in [-0.25, -0.2) is 0 Å². The minimum Gasteiger partial charge on any atom is -0.506 e. The van der Waals surface area contributed by atoms with Crippen LogP contribution in [-0.4, -0.2) is 36.1 Å². The molecule has 0 unspecified atom stereocenters. The summed E-state index contributed by atoms with van der Waals surface area (Å²) in [5.41, 5.74) is 7.10. The second-order valence-electron chi connectivity index (χ2n) is 5.22. The van der Waals surface area contributed by atoms with Gasteiger partial charge in [-0.1, -0.05) is 30.9 Å². The average molecular weight is 315 g/mol. The molecule has 5 heteroatoms. The largest absolute Gasteiger partial charge is 0.506 e. The van der Waals surface area contributed by atoms with Crippen molar-refractivity contribution in [2.24, 2.45) is 5.73 Å². The number of aryl methyl sites for hydroxylation is 1. The Morgan fingerprint density at radius 1 is 1.48 bits per heavy atom. The zero-order valence-corrected chi connectivity index (χ0v) is 13.7. The minimum atomic E-state index is -0.284. The maximum absolute atomic E-state index is 12.2. The number of nitrogens with two attached hydrogens (primary N) is 1. The van der Waals surface area contributed by atoms with Crippen molar-refractivity contribution in [3.63, 3.8) is 0 Å². The number of phenolic OH excluding ortho intramolecular Hbond substituents is 1. The first-order chi connectivity index (χ1) is 11.0. The van der Waals surface area contributed by atoms with E-state index in [2.05, 4.69) is 11.9 Å². The van der Waals surface area contributed by atoms with Crippen molar-refractivity contribution < 1.29 is 9.90 Å². The third kappa shape index (κ3) is 5.54. The lowest BCUT2D eigenvalue weighted by Crippen LogP contribution is -2.27. The predicted octanol–water partition coefficient (Wildman–Crippen LogP) is 2.38. The number of aromatic hydroxyl groups is 1. The summed E-state index contributed by atoms with van der Waals surface area (Å²) in [6, 6.07) is 3.45. The number of carbonyl (C=O) groups excluding carboxylic acids is 1.